The number of hydrogen-bond acceptors (Lipinski definition) is 1. The van der Waals surface area contributed by atoms with Gasteiger partial charge in [-0.05, 0) is 37.1 Å². The highest BCUT2D eigenvalue weighted by molar-refractivity contribution is 6.30. The Morgan fingerprint density at radius 1 is 1.19 bits per heavy atom. The van der Waals surface area contributed by atoms with Gasteiger partial charge in [-0.15, -0.1) is 0 Å². The number of halogens is 1. The predicted octanol–water partition coefficient (Wildman–Crippen LogP) is 4.92. The molecule has 0 spiro atoms. The number of benzene rings is 2. The Labute approximate surface area is 130 Å². The van der Waals surface area contributed by atoms with Gasteiger partial charge in [0.25, 0.3) is 0 Å². The molecule has 0 fully saturated rings. The number of aryl methyl sites for hydroxylation is 1. The largest absolute Gasteiger partial charge is 0.331 e. The van der Waals surface area contributed by atoms with Crippen LogP contribution < -0.4 is 10.6 Å². The van der Waals surface area contributed by atoms with E-state index in [9.17, 15) is 4.79 Å². The van der Waals surface area contributed by atoms with Crippen LogP contribution in [0.5, 0.6) is 0 Å². The Kier molecular flexibility index (Phi) is 5.23. The van der Waals surface area contributed by atoms with E-state index < -0.39 is 0 Å². The monoisotopic (exact) mass is 302 g/mol. The molecular formula is C17H19ClN2O. The normalized spacial score (nSPS) is 11.8. The predicted molar refractivity (Wildman–Crippen MR) is 87.8 cm³/mol. The summed E-state index contributed by atoms with van der Waals surface area (Å²) in [5.41, 5.74) is 2.99. The highest BCUT2D eigenvalue weighted by Gasteiger charge is 2.12. The summed E-state index contributed by atoms with van der Waals surface area (Å²) < 4.78 is 0. The maximum atomic E-state index is 12.1. The van der Waals surface area contributed by atoms with Crippen molar-refractivity contribution in [3.05, 3.63) is 64.7 Å². The molecule has 0 bridgehead atoms. The first-order valence-electron chi connectivity index (χ1n) is 6.98. The molecule has 0 aliphatic carbocycles. The fourth-order valence-corrected chi connectivity index (χ4v) is 2.30. The summed E-state index contributed by atoms with van der Waals surface area (Å²) in [4.78, 5) is 12.1. The Morgan fingerprint density at radius 2 is 1.90 bits per heavy atom. The number of urea groups is 1. The molecule has 21 heavy (non-hydrogen) atoms. The topological polar surface area (TPSA) is 41.1 Å². The van der Waals surface area contributed by atoms with Gasteiger partial charge in [0.2, 0.25) is 0 Å². The smallest absolute Gasteiger partial charge is 0.319 e. The third-order valence-corrected chi connectivity index (χ3v) is 3.51. The van der Waals surface area contributed by atoms with Gasteiger partial charge in [-0.2, -0.15) is 0 Å². The molecule has 2 aromatic carbocycles. The van der Waals surface area contributed by atoms with Crippen molar-refractivity contribution in [1.29, 1.82) is 0 Å². The van der Waals surface area contributed by atoms with Crippen molar-refractivity contribution in [2.75, 3.05) is 5.32 Å². The lowest BCUT2D eigenvalue weighted by atomic mass is 10.0. The summed E-state index contributed by atoms with van der Waals surface area (Å²) in [5.74, 6) is 0. The number of anilines is 1. The van der Waals surface area contributed by atoms with E-state index in [1.807, 2.05) is 26.0 Å². The molecule has 3 nitrogen and oxygen atoms in total. The van der Waals surface area contributed by atoms with E-state index in [2.05, 4.69) is 22.8 Å². The Balaban J connectivity index is 2.01. The van der Waals surface area contributed by atoms with E-state index in [4.69, 9.17) is 11.6 Å². The van der Waals surface area contributed by atoms with Crippen LogP contribution in [0.15, 0.2) is 48.5 Å². The minimum absolute atomic E-state index is 0.00946. The molecule has 2 amide bonds. The van der Waals surface area contributed by atoms with E-state index >= 15 is 0 Å². The van der Waals surface area contributed by atoms with E-state index in [0.29, 0.717) is 10.7 Å². The number of rotatable bonds is 4. The van der Waals surface area contributed by atoms with Gasteiger partial charge < -0.3 is 10.6 Å². The molecule has 1 atom stereocenters. The van der Waals surface area contributed by atoms with Gasteiger partial charge in [0.1, 0.15) is 0 Å². The summed E-state index contributed by atoms with van der Waals surface area (Å²) in [6.07, 6.45) is 0.825. The number of nitrogens with one attached hydrogen (secondary N) is 2. The van der Waals surface area contributed by atoms with E-state index in [1.54, 1.807) is 24.3 Å². The molecule has 0 saturated heterocycles. The zero-order valence-electron chi connectivity index (χ0n) is 12.2. The van der Waals surface area contributed by atoms with Crippen LogP contribution in [-0.2, 0) is 0 Å². The van der Waals surface area contributed by atoms with E-state index in [1.165, 1.54) is 5.56 Å². The number of carbonyl (C=O) groups is 1. The number of hydrogen-bond donors (Lipinski definition) is 2. The van der Waals surface area contributed by atoms with Crippen LogP contribution in [-0.4, -0.2) is 6.03 Å². The van der Waals surface area contributed by atoms with Crippen LogP contribution in [0.3, 0.4) is 0 Å². The second kappa shape index (κ2) is 7.14. The highest BCUT2D eigenvalue weighted by atomic mass is 35.5. The molecule has 4 heteroatoms. The number of amides is 2. The third-order valence-electron chi connectivity index (χ3n) is 3.28. The van der Waals surface area contributed by atoms with Gasteiger partial charge >= 0.3 is 6.03 Å². The summed E-state index contributed by atoms with van der Waals surface area (Å²) in [7, 11) is 0. The van der Waals surface area contributed by atoms with Gasteiger partial charge in [0.15, 0.2) is 0 Å². The van der Waals surface area contributed by atoms with Gasteiger partial charge in [-0.3, -0.25) is 0 Å². The lowest BCUT2D eigenvalue weighted by molar-refractivity contribution is 0.248. The lowest BCUT2D eigenvalue weighted by Crippen LogP contribution is -2.32. The zero-order chi connectivity index (χ0) is 15.2. The summed E-state index contributed by atoms with van der Waals surface area (Å²) >= 11 is 5.90. The van der Waals surface area contributed by atoms with Crippen molar-refractivity contribution in [3.8, 4) is 0 Å². The first-order valence-corrected chi connectivity index (χ1v) is 7.36. The average Bonchev–Trinajstić information content (AvgIpc) is 2.46. The molecule has 2 rings (SSSR count). The molecular weight excluding hydrogens is 284 g/mol. The SMILES string of the molecule is CCC(NC(=O)Nc1cccc(Cl)c1)c1ccc(C)cc1. The van der Waals surface area contributed by atoms with Crippen LogP contribution in [0, 0.1) is 6.92 Å². The van der Waals surface area contributed by atoms with Gasteiger partial charge in [-0.1, -0.05) is 54.4 Å². The van der Waals surface area contributed by atoms with E-state index in [0.717, 1.165) is 12.0 Å². The van der Waals surface area contributed by atoms with Crippen LogP contribution in [0.4, 0.5) is 10.5 Å². The molecule has 0 heterocycles. The first-order chi connectivity index (χ1) is 10.1. The fraction of sp³-hybridized carbons (Fsp3) is 0.235. The van der Waals surface area contributed by atoms with Crippen molar-refractivity contribution >= 4 is 23.3 Å². The first kappa shape index (κ1) is 15.4. The molecule has 2 aromatic rings. The third kappa shape index (κ3) is 4.50. The molecule has 0 radical (unpaired) electrons. The Bertz CT molecular complexity index is 610. The van der Waals surface area contributed by atoms with Crippen LogP contribution in [0.1, 0.15) is 30.5 Å². The maximum absolute atomic E-state index is 12.1. The summed E-state index contributed by atoms with van der Waals surface area (Å²) in [6.45, 7) is 4.09. The van der Waals surface area contributed by atoms with Gasteiger partial charge in [0, 0.05) is 10.7 Å². The molecule has 2 N–H and O–H groups in total. The fourth-order valence-electron chi connectivity index (χ4n) is 2.11. The molecule has 0 aromatic heterocycles. The second-order valence-corrected chi connectivity index (χ2v) is 5.42. The van der Waals surface area contributed by atoms with E-state index in [-0.39, 0.29) is 12.1 Å². The maximum Gasteiger partial charge on any atom is 0.319 e. The van der Waals surface area contributed by atoms with Gasteiger partial charge in [-0.25, -0.2) is 4.79 Å². The Morgan fingerprint density at radius 3 is 2.52 bits per heavy atom. The van der Waals surface area contributed by atoms with Crippen LogP contribution in [0.25, 0.3) is 0 Å². The molecule has 0 aliphatic heterocycles. The zero-order valence-corrected chi connectivity index (χ0v) is 12.9. The Hall–Kier alpha value is -2.00. The van der Waals surface area contributed by atoms with Crippen molar-refractivity contribution in [3.63, 3.8) is 0 Å². The average molecular weight is 303 g/mol. The van der Waals surface area contributed by atoms with Crippen molar-refractivity contribution < 1.29 is 4.79 Å². The minimum atomic E-state index is -0.232. The standard InChI is InChI=1S/C17H19ClN2O/c1-3-16(13-9-7-12(2)8-10-13)20-17(21)19-15-6-4-5-14(18)11-15/h4-11,16H,3H2,1-2H3,(H2,19,20,21). The number of carbonyl (C=O) groups excluding carboxylic acids is 1. The van der Waals surface area contributed by atoms with Gasteiger partial charge in [0.05, 0.1) is 6.04 Å². The second-order valence-electron chi connectivity index (χ2n) is 4.98. The lowest BCUT2D eigenvalue weighted by Gasteiger charge is -2.18. The molecule has 110 valence electrons. The quantitative estimate of drug-likeness (QED) is 0.827. The molecule has 0 saturated carbocycles. The summed E-state index contributed by atoms with van der Waals surface area (Å²) in [5, 5.41) is 6.37. The molecule has 1 unspecified atom stereocenters. The van der Waals surface area contributed by atoms with Crippen molar-refractivity contribution in [2.24, 2.45) is 0 Å². The highest BCUT2D eigenvalue weighted by Crippen LogP contribution is 2.18. The molecule has 0 aliphatic rings. The summed E-state index contributed by atoms with van der Waals surface area (Å²) in [6, 6.07) is 15.0. The minimum Gasteiger partial charge on any atom is -0.331 e. The van der Waals surface area contributed by atoms with Crippen molar-refractivity contribution in [1.82, 2.24) is 5.32 Å². The van der Waals surface area contributed by atoms with Crippen LogP contribution >= 0.6 is 11.6 Å². The van der Waals surface area contributed by atoms with Crippen molar-refractivity contribution in [2.45, 2.75) is 26.3 Å². The van der Waals surface area contributed by atoms with Crippen LogP contribution in [0.2, 0.25) is 5.02 Å².